The predicted molar refractivity (Wildman–Crippen MR) is 134 cm³/mol. The fraction of sp³-hybridized carbons (Fsp3) is 0.346. The molecule has 6 heteroatoms. The van der Waals surface area contributed by atoms with Crippen molar-refractivity contribution >= 4 is 46.1 Å². The lowest BCUT2D eigenvalue weighted by Crippen LogP contribution is -2.34. The molecule has 2 aromatic carbocycles. The smallest absolute Gasteiger partial charge is 0.243 e. The summed E-state index contributed by atoms with van der Waals surface area (Å²) < 4.78 is 0. The van der Waals surface area contributed by atoms with E-state index in [-0.39, 0.29) is 5.91 Å². The fourth-order valence-corrected chi connectivity index (χ4v) is 4.72. The molecule has 0 unspecified atom stereocenters. The van der Waals surface area contributed by atoms with Crippen LogP contribution in [0.25, 0.3) is 17.0 Å². The second kappa shape index (κ2) is 11.0. The van der Waals surface area contributed by atoms with Crippen molar-refractivity contribution in [1.82, 2.24) is 15.2 Å². The van der Waals surface area contributed by atoms with Crippen LogP contribution in [-0.4, -0.2) is 42.0 Å². The SMILES string of the molecule is O=C(/C=C/c1ccc(Cl)c(Cl)c1)NCCCCN1CCC(c2c[nH]c3ccccc23)CC1. The number of H-pyrrole nitrogens is 1. The molecule has 1 aliphatic heterocycles. The Morgan fingerprint density at radius 3 is 2.72 bits per heavy atom. The number of nitrogens with zero attached hydrogens (tertiary/aromatic N) is 1. The average Bonchev–Trinajstić information content (AvgIpc) is 3.24. The summed E-state index contributed by atoms with van der Waals surface area (Å²) in [5.41, 5.74) is 3.56. The number of amides is 1. The van der Waals surface area contributed by atoms with Gasteiger partial charge in [-0.25, -0.2) is 0 Å². The summed E-state index contributed by atoms with van der Waals surface area (Å²) in [5, 5.41) is 5.32. The Kier molecular flexibility index (Phi) is 7.90. The zero-order valence-electron chi connectivity index (χ0n) is 18.1. The molecule has 1 aliphatic rings. The second-order valence-electron chi connectivity index (χ2n) is 8.41. The minimum Gasteiger partial charge on any atom is -0.361 e. The lowest BCUT2D eigenvalue weighted by molar-refractivity contribution is -0.116. The Morgan fingerprint density at radius 2 is 1.91 bits per heavy atom. The number of aromatic amines is 1. The Bertz CT molecular complexity index is 1080. The van der Waals surface area contributed by atoms with Gasteiger partial charge in [0, 0.05) is 29.7 Å². The lowest BCUT2D eigenvalue weighted by Gasteiger charge is -2.32. The summed E-state index contributed by atoms with van der Waals surface area (Å²) in [4.78, 5) is 18.0. The Hall–Kier alpha value is -2.27. The first-order valence-electron chi connectivity index (χ1n) is 11.3. The van der Waals surface area contributed by atoms with Gasteiger partial charge in [0.25, 0.3) is 0 Å². The number of halogens is 2. The highest BCUT2D eigenvalue weighted by Gasteiger charge is 2.22. The Labute approximate surface area is 199 Å². The molecule has 0 bridgehead atoms. The van der Waals surface area contributed by atoms with Gasteiger partial charge in [-0.3, -0.25) is 4.79 Å². The third-order valence-electron chi connectivity index (χ3n) is 6.22. The summed E-state index contributed by atoms with van der Waals surface area (Å²) in [6.45, 7) is 4.07. The maximum absolute atomic E-state index is 12.0. The van der Waals surface area contributed by atoms with Crippen LogP contribution in [0.4, 0.5) is 0 Å². The van der Waals surface area contributed by atoms with Crippen LogP contribution in [0.15, 0.2) is 54.7 Å². The van der Waals surface area contributed by atoms with Gasteiger partial charge in [-0.2, -0.15) is 0 Å². The van der Waals surface area contributed by atoms with Crippen LogP contribution < -0.4 is 5.32 Å². The zero-order valence-corrected chi connectivity index (χ0v) is 19.6. The standard InChI is InChI=1S/C26H29Cl2N3O/c27-23-9-7-19(17-24(23)28)8-10-26(32)29-13-3-4-14-31-15-11-20(12-16-31)22-18-30-25-6-2-1-5-21(22)25/h1-2,5-10,17-18,20,30H,3-4,11-16H2,(H,29,32)/b10-8+. The molecule has 2 N–H and O–H groups in total. The monoisotopic (exact) mass is 469 g/mol. The molecule has 1 aromatic heterocycles. The number of rotatable bonds is 8. The van der Waals surface area contributed by atoms with Gasteiger partial charge >= 0.3 is 0 Å². The number of carbonyl (C=O) groups is 1. The van der Waals surface area contributed by atoms with E-state index in [1.807, 2.05) is 6.07 Å². The van der Waals surface area contributed by atoms with E-state index in [9.17, 15) is 4.79 Å². The molecule has 4 rings (SSSR count). The second-order valence-corrected chi connectivity index (χ2v) is 9.22. The van der Waals surface area contributed by atoms with E-state index in [0.29, 0.717) is 22.5 Å². The normalized spacial score (nSPS) is 15.6. The third-order valence-corrected chi connectivity index (χ3v) is 6.96. The molecule has 0 aliphatic carbocycles. The number of benzene rings is 2. The minimum absolute atomic E-state index is 0.0874. The summed E-state index contributed by atoms with van der Waals surface area (Å²) in [7, 11) is 0. The number of carbonyl (C=O) groups excluding carboxylic acids is 1. The molecule has 1 amide bonds. The van der Waals surface area contributed by atoms with Gasteiger partial charge in [0.15, 0.2) is 0 Å². The first-order valence-corrected chi connectivity index (χ1v) is 12.0. The molecule has 3 aromatic rings. The first-order chi connectivity index (χ1) is 15.6. The van der Waals surface area contributed by atoms with Gasteiger partial charge in [0.05, 0.1) is 10.0 Å². The molecule has 4 nitrogen and oxygen atoms in total. The Balaban J connectivity index is 1.12. The number of fused-ring (bicyclic) bond motifs is 1. The van der Waals surface area contributed by atoms with Crippen molar-refractivity contribution in [2.45, 2.75) is 31.6 Å². The summed E-state index contributed by atoms with van der Waals surface area (Å²) >= 11 is 11.9. The van der Waals surface area contributed by atoms with E-state index in [1.165, 1.54) is 35.4 Å². The van der Waals surface area contributed by atoms with E-state index < -0.39 is 0 Å². The van der Waals surface area contributed by atoms with Crippen LogP contribution >= 0.6 is 23.2 Å². The summed E-state index contributed by atoms with van der Waals surface area (Å²) in [5.74, 6) is 0.555. The molecule has 1 fully saturated rings. The first kappa shape index (κ1) is 22.9. The topological polar surface area (TPSA) is 48.1 Å². The summed E-state index contributed by atoms with van der Waals surface area (Å²) in [6.07, 6.45) is 9.97. The number of likely N-dealkylation sites (tertiary alicyclic amines) is 1. The van der Waals surface area contributed by atoms with E-state index >= 15 is 0 Å². The van der Waals surface area contributed by atoms with Crippen molar-refractivity contribution in [3.63, 3.8) is 0 Å². The molecular formula is C26H29Cl2N3O. The molecule has 0 saturated carbocycles. The number of hydrogen-bond acceptors (Lipinski definition) is 2. The number of unbranched alkanes of at least 4 members (excludes halogenated alkanes) is 1. The van der Waals surface area contributed by atoms with Crippen LogP contribution in [0, 0.1) is 0 Å². The number of para-hydroxylation sites is 1. The highest BCUT2D eigenvalue weighted by atomic mass is 35.5. The highest BCUT2D eigenvalue weighted by molar-refractivity contribution is 6.42. The van der Waals surface area contributed by atoms with Crippen molar-refractivity contribution in [1.29, 1.82) is 0 Å². The molecule has 0 spiro atoms. The predicted octanol–water partition coefficient (Wildman–Crippen LogP) is 6.26. The van der Waals surface area contributed by atoms with Gasteiger partial charge in [0.2, 0.25) is 5.91 Å². The quantitative estimate of drug-likeness (QED) is 0.301. The number of piperidine rings is 1. The molecule has 32 heavy (non-hydrogen) atoms. The molecule has 168 valence electrons. The van der Waals surface area contributed by atoms with Crippen LogP contribution in [-0.2, 0) is 4.79 Å². The molecule has 1 saturated heterocycles. The fourth-order valence-electron chi connectivity index (χ4n) is 4.42. The number of nitrogens with one attached hydrogen (secondary N) is 2. The number of hydrogen-bond donors (Lipinski definition) is 2. The van der Waals surface area contributed by atoms with Crippen LogP contribution in [0.1, 0.15) is 42.7 Å². The highest BCUT2D eigenvalue weighted by Crippen LogP contribution is 2.33. The third kappa shape index (κ3) is 5.94. The van der Waals surface area contributed by atoms with Crippen molar-refractivity contribution in [2.24, 2.45) is 0 Å². The van der Waals surface area contributed by atoms with E-state index in [0.717, 1.165) is 38.0 Å². The van der Waals surface area contributed by atoms with Crippen LogP contribution in [0.3, 0.4) is 0 Å². The lowest BCUT2D eigenvalue weighted by atomic mass is 9.89. The van der Waals surface area contributed by atoms with E-state index in [1.54, 1.807) is 18.2 Å². The minimum atomic E-state index is -0.0874. The Morgan fingerprint density at radius 1 is 1.09 bits per heavy atom. The zero-order chi connectivity index (χ0) is 22.3. The largest absolute Gasteiger partial charge is 0.361 e. The van der Waals surface area contributed by atoms with Crippen molar-refractivity contribution in [3.05, 3.63) is 75.9 Å². The van der Waals surface area contributed by atoms with Crippen LogP contribution in [0.2, 0.25) is 10.0 Å². The van der Waals surface area contributed by atoms with Crippen LogP contribution in [0.5, 0.6) is 0 Å². The van der Waals surface area contributed by atoms with Gasteiger partial charge in [-0.15, -0.1) is 0 Å². The van der Waals surface area contributed by atoms with Crippen molar-refractivity contribution < 1.29 is 4.79 Å². The maximum atomic E-state index is 12.0. The van der Waals surface area contributed by atoms with Gasteiger partial charge in [0.1, 0.15) is 0 Å². The van der Waals surface area contributed by atoms with Gasteiger partial charge in [-0.1, -0.05) is 47.5 Å². The maximum Gasteiger partial charge on any atom is 0.243 e. The molecule has 2 heterocycles. The van der Waals surface area contributed by atoms with Crippen molar-refractivity contribution in [2.75, 3.05) is 26.2 Å². The molecule has 0 atom stereocenters. The summed E-state index contributed by atoms with van der Waals surface area (Å²) in [6, 6.07) is 13.9. The average molecular weight is 470 g/mol. The number of aromatic nitrogens is 1. The van der Waals surface area contributed by atoms with Gasteiger partial charge in [-0.05, 0) is 86.6 Å². The van der Waals surface area contributed by atoms with Gasteiger partial charge < -0.3 is 15.2 Å². The van der Waals surface area contributed by atoms with E-state index in [4.69, 9.17) is 23.2 Å². The molecule has 0 radical (unpaired) electrons. The van der Waals surface area contributed by atoms with E-state index in [2.05, 4.69) is 45.7 Å². The molecular weight excluding hydrogens is 441 g/mol. The van der Waals surface area contributed by atoms with Crippen molar-refractivity contribution in [3.8, 4) is 0 Å².